The molecule has 1 aliphatic rings. The highest BCUT2D eigenvalue weighted by Crippen LogP contribution is 2.38. The molecule has 1 atom stereocenters. The zero-order chi connectivity index (χ0) is 27.1. The highest BCUT2D eigenvalue weighted by molar-refractivity contribution is 7.12. The van der Waals surface area contributed by atoms with Gasteiger partial charge in [0.25, 0.3) is 11.8 Å². The van der Waals surface area contributed by atoms with E-state index in [2.05, 4.69) is 0 Å². The summed E-state index contributed by atoms with van der Waals surface area (Å²) in [6.07, 6.45) is 0.534. The number of hydrogen-bond donors (Lipinski definition) is 0. The number of rotatable bonds is 11. The normalized spacial score (nSPS) is 14.7. The number of amides is 2. The third-order valence-corrected chi connectivity index (χ3v) is 7.20. The Morgan fingerprint density at radius 1 is 1.00 bits per heavy atom. The molecule has 200 valence electrons. The van der Waals surface area contributed by atoms with E-state index in [0.717, 1.165) is 16.2 Å². The number of carbonyl (C=O) groups excluding carboxylic acids is 2. The van der Waals surface area contributed by atoms with Crippen molar-refractivity contribution in [2.24, 2.45) is 5.10 Å². The van der Waals surface area contributed by atoms with Crippen molar-refractivity contribution >= 4 is 28.9 Å². The van der Waals surface area contributed by atoms with Crippen molar-refractivity contribution < 1.29 is 28.5 Å². The van der Waals surface area contributed by atoms with Crippen LogP contribution in [0.4, 0.5) is 0 Å². The zero-order valence-electron chi connectivity index (χ0n) is 21.9. The van der Waals surface area contributed by atoms with Crippen LogP contribution in [0.25, 0.3) is 0 Å². The fourth-order valence-corrected chi connectivity index (χ4v) is 4.98. The third-order valence-electron chi connectivity index (χ3n) is 6.28. The van der Waals surface area contributed by atoms with E-state index in [1.165, 1.54) is 9.91 Å². The number of thiophene rings is 1. The molecule has 0 aliphatic carbocycles. The third kappa shape index (κ3) is 5.98. The van der Waals surface area contributed by atoms with Crippen LogP contribution in [0.3, 0.4) is 0 Å². The van der Waals surface area contributed by atoms with Gasteiger partial charge in [-0.1, -0.05) is 12.1 Å². The lowest BCUT2D eigenvalue weighted by atomic mass is 10.0. The van der Waals surface area contributed by atoms with E-state index >= 15 is 0 Å². The molecule has 2 heterocycles. The Kier molecular flexibility index (Phi) is 8.98. The van der Waals surface area contributed by atoms with Crippen molar-refractivity contribution in [1.29, 1.82) is 0 Å². The van der Waals surface area contributed by atoms with E-state index in [9.17, 15) is 9.59 Å². The van der Waals surface area contributed by atoms with Crippen molar-refractivity contribution in [3.63, 3.8) is 0 Å². The number of methoxy groups -OCH3 is 4. The van der Waals surface area contributed by atoms with Crippen LogP contribution < -0.4 is 14.2 Å². The van der Waals surface area contributed by atoms with E-state index in [1.807, 2.05) is 35.7 Å². The van der Waals surface area contributed by atoms with Gasteiger partial charge in [0.15, 0.2) is 11.5 Å². The summed E-state index contributed by atoms with van der Waals surface area (Å²) >= 11 is 1.57. The molecule has 0 radical (unpaired) electrons. The lowest BCUT2D eigenvalue weighted by Gasteiger charge is -2.27. The predicted molar refractivity (Wildman–Crippen MR) is 145 cm³/mol. The van der Waals surface area contributed by atoms with Gasteiger partial charge in [0.2, 0.25) is 0 Å². The standard InChI is InChI=1S/C28H31N3O6S/c1-34-14-13-30(28(33)19-7-10-21(35-2)11-8-19)18-27(32)31-23(17-22(29-31)26-6-5-15-38-26)20-9-12-24(36-3)25(16-20)37-4/h5-12,15-16,23H,13-14,17-18H2,1-4H3. The van der Waals surface area contributed by atoms with Crippen molar-refractivity contribution in [3.8, 4) is 17.2 Å². The molecule has 4 rings (SSSR count). The summed E-state index contributed by atoms with van der Waals surface area (Å²) in [7, 11) is 6.28. The van der Waals surface area contributed by atoms with E-state index in [1.54, 1.807) is 64.0 Å². The first kappa shape index (κ1) is 27.2. The fourth-order valence-electron chi connectivity index (χ4n) is 4.26. The Balaban J connectivity index is 1.62. The number of carbonyl (C=O) groups is 2. The number of nitrogens with zero attached hydrogens (tertiary/aromatic N) is 3. The predicted octanol–water partition coefficient (Wildman–Crippen LogP) is 4.24. The zero-order valence-corrected chi connectivity index (χ0v) is 22.7. The van der Waals surface area contributed by atoms with Gasteiger partial charge in [-0.05, 0) is 53.4 Å². The van der Waals surface area contributed by atoms with Gasteiger partial charge in [-0.3, -0.25) is 9.59 Å². The minimum Gasteiger partial charge on any atom is -0.497 e. The number of hydrogen-bond acceptors (Lipinski definition) is 8. The first-order valence-corrected chi connectivity index (χ1v) is 12.9. The molecular weight excluding hydrogens is 506 g/mol. The lowest BCUT2D eigenvalue weighted by Crippen LogP contribution is -2.42. The van der Waals surface area contributed by atoms with Crippen molar-refractivity contribution in [2.75, 3.05) is 48.1 Å². The molecule has 9 nitrogen and oxygen atoms in total. The second-order valence-electron chi connectivity index (χ2n) is 8.54. The molecule has 0 saturated heterocycles. The molecule has 1 unspecified atom stereocenters. The molecule has 1 aromatic heterocycles. The van der Waals surface area contributed by atoms with Gasteiger partial charge in [0.05, 0.1) is 44.6 Å². The van der Waals surface area contributed by atoms with Gasteiger partial charge in [-0.25, -0.2) is 5.01 Å². The van der Waals surface area contributed by atoms with Gasteiger partial charge in [0.1, 0.15) is 12.3 Å². The number of hydrazone groups is 1. The molecule has 3 aromatic rings. The summed E-state index contributed by atoms with van der Waals surface area (Å²) < 4.78 is 21.3. The highest BCUT2D eigenvalue weighted by atomic mass is 32.1. The Morgan fingerprint density at radius 3 is 2.39 bits per heavy atom. The largest absolute Gasteiger partial charge is 0.497 e. The number of benzene rings is 2. The van der Waals surface area contributed by atoms with Gasteiger partial charge in [0, 0.05) is 25.6 Å². The minimum atomic E-state index is -0.361. The Bertz CT molecular complexity index is 1280. The van der Waals surface area contributed by atoms with Gasteiger partial charge >= 0.3 is 0 Å². The van der Waals surface area contributed by atoms with Crippen LogP contribution in [0.5, 0.6) is 17.2 Å². The van der Waals surface area contributed by atoms with E-state index in [4.69, 9.17) is 24.0 Å². The minimum absolute atomic E-state index is 0.154. The highest BCUT2D eigenvalue weighted by Gasteiger charge is 2.35. The average molecular weight is 538 g/mol. The number of ether oxygens (including phenoxy) is 4. The fraction of sp³-hybridized carbons (Fsp3) is 0.321. The first-order chi connectivity index (χ1) is 18.5. The van der Waals surface area contributed by atoms with Crippen LogP contribution in [-0.2, 0) is 9.53 Å². The molecule has 1 aliphatic heterocycles. The topological polar surface area (TPSA) is 89.9 Å². The molecular formula is C28H31N3O6S. The van der Waals surface area contributed by atoms with Gasteiger partial charge in [-0.2, -0.15) is 5.10 Å². The van der Waals surface area contributed by atoms with E-state index in [-0.39, 0.29) is 37.6 Å². The van der Waals surface area contributed by atoms with Crippen LogP contribution in [0.15, 0.2) is 65.1 Å². The quantitative estimate of drug-likeness (QED) is 0.364. The Morgan fingerprint density at radius 2 is 1.76 bits per heavy atom. The molecule has 38 heavy (non-hydrogen) atoms. The lowest BCUT2D eigenvalue weighted by molar-refractivity contribution is -0.133. The second-order valence-corrected chi connectivity index (χ2v) is 9.49. The average Bonchev–Trinajstić information content (AvgIpc) is 3.65. The molecule has 0 fully saturated rings. The van der Waals surface area contributed by atoms with Crippen LogP contribution in [0, 0.1) is 0 Å². The summed E-state index contributed by atoms with van der Waals surface area (Å²) in [6.45, 7) is 0.390. The molecule has 0 saturated carbocycles. The smallest absolute Gasteiger partial charge is 0.262 e. The Labute approximate surface area is 226 Å². The van der Waals surface area contributed by atoms with Crippen molar-refractivity contribution in [1.82, 2.24) is 9.91 Å². The molecule has 2 amide bonds. The summed E-state index contributed by atoms with van der Waals surface area (Å²) in [6, 6.07) is 16.0. The van der Waals surface area contributed by atoms with Crippen LogP contribution >= 0.6 is 11.3 Å². The molecule has 2 aromatic carbocycles. The van der Waals surface area contributed by atoms with E-state index in [0.29, 0.717) is 29.2 Å². The molecule has 0 N–H and O–H groups in total. The molecule has 10 heteroatoms. The first-order valence-electron chi connectivity index (χ1n) is 12.1. The van der Waals surface area contributed by atoms with Crippen LogP contribution in [0.2, 0.25) is 0 Å². The van der Waals surface area contributed by atoms with Crippen LogP contribution in [-0.4, -0.2) is 75.6 Å². The molecule has 0 spiro atoms. The van der Waals surface area contributed by atoms with Crippen molar-refractivity contribution in [3.05, 3.63) is 76.0 Å². The second kappa shape index (κ2) is 12.6. The SMILES string of the molecule is COCCN(CC(=O)N1N=C(c2cccs2)CC1c1ccc(OC)c(OC)c1)C(=O)c1ccc(OC)cc1. The summed E-state index contributed by atoms with van der Waals surface area (Å²) in [5.74, 6) is 1.24. The monoisotopic (exact) mass is 537 g/mol. The summed E-state index contributed by atoms with van der Waals surface area (Å²) in [4.78, 5) is 29.6. The maximum atomic E-state index is 13.7. The van der Waals surface area contributed by atoms with E-state index < -0.39 is 0 Å². The van der Waals surface area contributed by atoms with Crippen molar-refractivity contribution in [2.45, 2.75) is 12.5 Å². The summed E-state index contributed by atoms with van der Waals surface area (Å²) in [5.41, 5.74) is 2.13. The van der Waals surface area contributed by atoms with Gasteiger partial charge < -0.3 is 23.8 Å². The Hall–Kier alpha value is -3.89. The summed E-state index contributed by atoms with van der Waals surface area (Å²) in [5, 5.41) is 8.19. The van der Waals surface area contributed by atoms with Crippen LogP contribution in [0.1, 0.15) is 33.3 Å². The molecule has 0 bridgehead atoms. The van der Waals surface area contributed by atoms with Gasteiger partial charge in [-0.15, -0.1) is 11.3 Å². The maximum absolute atomic E-state index is 13.7. The maximum Gasteiger partial charge on any atom is 0.262 e.